The van der Waals surface area contributed by atoms with Gasteiger partial charge in [-0.25, -0.2) is 0 Å². The van der Waals surface area contributed by atoms with E-state index in [-0.39, 0.29) is 95.6 Å². The average Bonchev–Trinajstić information content (AvgIpc) is 0.748. The topological polar surface area (TPSA) is 105 Å². The van der Waals surface area contributed by atoms with Crippen molar-refractivity contribution in [2.75, 3.05) is 26.4 Å². The second-order valence-electron chi connectivity index (χ2n) is 35.2. The fourth-order valence-electron chi connectivity index (χ4n) is 22.2. The maximum atomic E-state index is 15.8. The molecule has 0 radical (unpaired) electrons. The molecule has 12 atom stereocenters. The first-order valence-electron chi connectivity index (χ1n) is 37.1. The Balaban J connectivity index is 0.905. The number of rotatable bonds is 16. The van der Waals surface area contributed by atoms with Crippen molar-refractivity contribution in [1.82, 2.24) is 0 Å². The highest BCUT2D eigenvalue weighted by Crippen LogP contribution is 2.63. The minimum Gasteiger partial charge on any atom is -0.464 e. The summed E-state index contributed by atoms with van der Waals surface area (Å²) < 4.78 is 27.9. The summed E-state index contributed by atoms with van der Waals surface area (Å²) in [5, 5.41) is 0. The lowest BCUT2D eigenvalue weighted by Crippen LogP contribution is -2.56. The zero-order valence-electron chi connectivity index (χ0n) is 60.3. The van der Waals surface area contributed by atoms with Crippen LogP contribution in [0.25, 0.3) is 0 Å². The maximum Gasteiger partial charge on any atom is 0.312 e. The van der Waals surface area contributed by atoms with Crippen LogP contribution in [-0.4, -0.2) is 50.3 Å². The van der Waals surface area contributed by atoms with Crippen LogP contribution < -0.4 is 0 Å². The third-order valence-corrected chi connectivity index (χ3v) is 28.1. The summed E-state index contributed by atoms with van der Waals surface area (Å²) in [6.07, 6.45) is 17.1. The van der Waals surface area contributed by atoms with Gasteiger partial charge in [0.2, 0.25) is 0 Å². The van der Waals surface area contributed by atoms with Crippen LogP contribution in [-0.2, 0) is 85.5 Å². The Morgan fingerprint density at radius 3 is 0.742 bits per heavy atom. The summed E-state index contributed by atoms with van der Waals surface area (Å²) in [5.74, 6) is 0.560. The first-order valence-corrected chi connectivity index (χ1v) is 37.1. The molecule has 0 bridgehead atoms. The number of benzene rings is 4. The molecule has 3 unspecified atom stereocenters. The van der Waals surface area contributed by atoms with Crippen molar-refractivity contribution in [3.8, 4) is 0 Å². The Labute approximate surface area is 560 Å². The van der Waals surface area contributed by atoms with Gasteiger partial charge in [0.15, 0.2) is 0 Å². The summed E-state index contributed by atoms with van der Waals surface area (Å²) in [6.45, 7) is 35.0. The number of carbonyl (C=O) groups excluding carboxylic acids is 4. The lowest BCUT2D eigenvalue weighted by molar-refractivity contribution is -0.192. The van der Waals surface area contributed by atoms with Crippen molar-refractivity contribution in [1.29, 1.82) is 0 Å². The van der Waals surface area contributed by atoms with Crippen LogP contribution in [0.4, 0.5) is 0 Å². The van der Waals surface area contributed by atoms with Gasteiger partial charge in [0.25, 0.3) is 0 Å². The quantitative estimate of drug-likeness (QED) is 0.0807. The molecule has 8 heteroatoms. The van der Waals surface area contributed by atoms with E-state index in [9.17, 15) is 0 Å². The predicted molar refractivity (Wildman–Crippen MR) is 373 cm³/mol. The molecule has 0 aliphatic heterocycles. The smallest absolute Gasteiger partial charge is 0.312 e. The van der Waals surface area contributed by atoms with Crippen molar-refractivity contribution in [2.45, 2.75) is 285 Å². The van der Waals surface area contributed by atoms with Crippen LogP contribution in [0.2, 0.25) is 0 Å². The van der Waals surface area contributed by atoms with Gasteiger partial charge in [0.05, 0.1) is 21.7 Å². The molecule has 93 heavy (non-hydrogen) atoms. The number of fused-ring (bicyclic) bond motifs is 12. The molecule has 0 saturated heterocycles. The standard InChI is InChI=1S/C85H116O8/c1-53(2)57-21-29-65-61(45-57)25-33-69-77(65,9)37-17-41-81(69,13)73(86)90-49-85(50-91-74(87)82(14)42-18-38-78(10)66-30-22-58(54(3)4)46-62(66)26-34-70(78)82,51-92-75(88)83(15)43-19-39-79(11)67-31-23-59(55(5)6)47-63(67)27-35-71(79)83)52-93-76(89)84(16)44-20-40-80(12)68-32-24-60(56(7)8)48-64(68)28-36-72(80)84/h21-24,29-32,45-48,53-56,69-72H,17-20,25-28,33-44,49-52H2,1-16H3/t69-,70?,71?,72?,77-,78-,79+,80+,81+,82+,83-,84-,85?/m1/s1. The van der Waals surface area contributed by atoms with Gasteiger partial charge in [-0.3, -0.25) is 19.2 Å². The minimum atomic E-state index is -1.46. The van der Waals surface area contributed by atoms with Crippen LogP contribution in [0.5, 0.6) is 0 Å². The highest BCUT2D eigenvalue weighted by molar-refractivity contribution is 5.80. The number of esters is 4. The molecule has 12 rings (SSSR count). The second-order valence-corrected chi connectivity index (χ2v) is 35.2. The van der Waals surface area contributed by atoms with Crippen LogP contribution >= 0.6 is 0 Å². The molecule has 0 N–H and O–H groups in total. The molecule has 4 fully saturated rings. The second kappa shape index (κ2) is 24.7. The van der Waals surface area contributed by atoms with E-state index in [1.807, 2.05) is 0 Å². The van der Waals surface area contributed by atoms with Gasteiger partial charge in [-0.2, -0.15) is 0 Å². The van der Waals surface area contributed by atoms with Gasteiger partial charge in [-0.05, 0) is 266 Å². The highest BCUT2D eigenvalue weighted by atomic mass is 16.6. The van der Waals surface area contributed by atoms with Crippen molar-refractivity contribution in [2.24, 2.45) is 50.7 Å². The SMILES string of the molecule is CC(C)c1ccc2c(c1)CCC1[C@](C)(C(=O)OCC(COC(=O)[C@]3(C)CCC[C@@]4(C)c5ccc(C(C)C)cc5CCC34)(COC(=O)[C@@]3(C)CCC[C@]4(C)c5ccc(C(C)C)cc5CCC34)COC(=O)[C@@]3(C)CCC[C@]4(C)c5ccc(C(C)C)cc5CC[C@@H]34)CCC[C@@]21C. The van der Waals surface area contributed by atoms with Gasteiger partial charge in [0, 0.05) is 0 Å². The van der Waals surface area contributed by atoms with E-state index in [4.69, 9.17) is 18.9 Å². The van der Waals surface area contributed by atoms with Gasteiger partial charge >= 0.3 is 23.9 Å². The number of aryl methyl sites for hydroxylation is 4. The molecule has 0 spiro atoms. The summed E-state index contributed by atoms with van der Waals surface area (Å²) in [7, 11) is 0. The summed E-state index contributed by atoms with van der Waals surface area (Å²) >= 11 is 0. The molecule has 8 aliphatic carbocycles. The first-order chi connectivity index (χ1) is 43.9. The Kier molecular flexibility index (Phi) is 18.0. The Morgan fingerprint density at radius 1 is 0.344 bits per heavy atom. The monoisotopic (exact) mass is 1260 g/mol. The van der Waals surface area contributed by atoms with E-state index in [0.717, 1.165) is 103 Å². The predicted octanol–water partition coefficient (Wildman–Crippen LogP) is 19.5. The molecule has 8 nitrogen and oxygen atoms in total. The van der Waals surface area contributed by atoms with Crippen LogP contribution in [0.1, 0.15) is 304 Å². The third-order valence-electron chi connectivity index (χ3n) is 28.1. The lowest BCUT2D eigenvalue weighted by atomic mass is 9.49. The fraction of sp³-hybridized carbons (Fsp3) is 0.671. The van der Waals surface area contributed by atoms with E-state index in [1.54, 1.807) is 0 Å². The van der Waals surface area contributed by atoms with E-state index in [1.165, 1.54) is 66.8 Å². The zero-order chi connectivity index (χ0) is 66.6. The van der Waals surface area contributed by atoms with E-state index >= 15 is 19.2 Å². The minimum absolute atomic E-state index is 0.0148. The molecule has 4 saturated carbocycles. The highest BCUT2D eigenvalue weighted by Gasteiger charge is 2.61. The molecule has 0 amide bonds. The zero-order valence-corrected chi connectivity index (χ0v) is 60.3. The lowest BCUT2D eigenvalue weighted by Gasteiger charge is -2.55. The van der Waals surface area contributed by atoms with Gasteiger partial charge in [0.1, 0.15) is 31.8 Å². The van der Waals surface area contributed by atoms with Crippen molar-refractivity contribution in [3.05, 3.63) is 140 Å². The number of hydrogen-bond acceptors (Lipinski definition) is 8. The number of ether oxygens (including phenoxy) is 4. The average molecular weight is 1270 g/mol. The molecule has 0 aromatic heterocycles. The Morgan fingerprint density at radius 2 is 0.548 bits per heavy atom. The van der Waals surface area contributed by atoms with Crippen LogP contribution in [0.3, 0.4) is 0 Å². The molecule has 0 heterocycles. The fourth-order valence-corrected chi connectivity index (χ4v) is 22.2. The van der Waals surface area contributed by atoms with Crippen molar-refractivity contribution >= 4 is 23.9 Å². The Bertz CT molecular complexity index is 3070. The summed E-state index contributed by atoms with van der Waals surface area (Å²) in [5.41, 5.74) is 10.5. The molecular weight excluding hydrogens is 1150 g/mol. The van der Waals surface area contributed by atoms with Crippen molar-refractivity contribution in [3.63, 3.8) is 0 Å². The first kappa shape index (κ1) is 67.7. The molecule has 8 aliphatic rings. The van der Waals surface area contributed by atoms with Gasteiger partial charge < -0.3 is 18.9 Å². The van der Waals surface area contributed by atoms with Crippen LogP contribution in [0, 0.1) is 50.7 Å². The molecular formula is C85H116O8. The van der Waals surface area contributed by atoms with Crippen LogP contribution in [0.15, 0.2) is 72.8 Å². The van der Waals surface area contributed by atoms with E-state index < -0.39 is 27.1 Å². The largest absolute Gasteiger partial charge is 0.464 e. The Hall–Kier alpha value is -5.24. The molecule has 504 valence electrons. The van der Waals surface area contributed by atoms with E-state index in [2.05, 4.69) is 184 Å². The number of carbonyl (C=O) groups is 4. The molecule has 4 aromatic carbocycles. The normalized spacial score (nSPS) is 34.1. The summed E-state index contributed by atoms with van der Waals surface area (Å²) in [4.78, 5) is 63.4. The third kappa shape index (κ3) is 11.3. The van der Waals surface area contributed by atoms with Gasteiger partial charge in [-0.1, -0.05) is 182 Å². The van der Waals surface area contributed by atoms with Crippen molar-refractivity contribution < 1.29 is 38.1 Å². The maximum absolute atomic E-state index is 15.8. The van der Waals surface area contributed by atoms with E-state index in [0.29, 0.717) is 49.4 Å². The van der Waals surface area contributed by atoms with Gasteiger partial charge in [-0.15, -0.1) is 0 Å². The summed E-state index contributed by atoms with van der Waals surface area (Å²) in [6, 6.07) is 28.1. The molecule has 4 aromatic rings. The number of hydrogen-bond donors (Lipinski definition) is 0.